The first-order valence-electron chi connectivity index (χ1n) is 8.68. The maximum absolute atomic E-state index is 13.9. The van der Waals surface area contributed by atoms with Crippen LogP contribution in [0, 0.1) is 12.7 Å². The summed E-state index contributed by atoms with van der Waals surface area (Å²) in [7, 11) is 0. The molecule has 0 radical (unpaired) electrons. The Morgan fingerprint density at radius 2 is 1.85 bits per heavy atom. The predicted molar refractivity (Wildman–Crippen MR) is 107 cm³/mol. The molecular weight excluding hydrogens is 325 g/mol. The molecule has 0 atom stereocenters. The summed E-state index contributed by atoms with van der Waals surface area (Å²) in [4.78, 5) is 12.0. The number of nitrogens with one attached hydrogen (secondary N) is 1. The summed E-state index contributed by atoms with van der Waals surface area (Å²) in [6, 6.07) is 11.4. The Balaban J connectivity index is 1.98. The molecule has 2 aromatic carbocycles. The third-order valence-electron chi connectivity index (χ3n) is 4.33. The molecule has 3 heteroatoms. The van der Waals surface area contributed by atoms with Crippen molar-refractivity contribution in [2.45, 2.75) is 39.7 Å². The molecule has 136 valence electrons. The standard InChI is InChI=1S/C23H26FNO/c1-6-19-13-18(14-21(24)16(19)2)15-25-22(26)12-9-17-7-10-20(11-8-17)23(3,4)5/h6-14H,1,15H2,2-5H3,(H,25,26)/b12-9+. The molecule has 2 nitrogen and oxygen atoms in total. The minimum absolute atomic E-state index is 0.104. The van der Waals surface area contributed by atoms with Crippen LogP contribution in [-0.2, 0) is 16.8 Å². The second-order valence-electron chi connectivity index (χ2n) is 7.42. The van der Waals surface area contributed by atoms with Crippen LogP contribution in [0.15, 0.2) is 49.1 Å². The largest absolute Gasteiger partial charge is 0.348 e. The van der Waals surface area contributed by atoms with Crippen molar-refractivity contribution >= 4 is 18.1 Å². The minimum Gasteiger partial charge on any atom is -0.348 e. The maximum Gasteiger partial charge on any atom is 0.244 e. The van der Waals surface area contributed by atoms with Crippen molar-refractivity contribution in [2.75, 3.05) is 0 Å². The van der Waals surface area contributed by atoms with Gasteiger partial charge in [-0.05, 0) is 58.4 Å². The van der Waals surface area contributed by atoms with E-state index in [4.69, 9.17) is 0 Å². The molecule has 0 saturated carbocycles. The van der Waals surface area contributed by atoms with Gasteiger partial charge in [-0.15, -0.1) is 0 Å². The average molecular weight is 351 g/mol. The Labute approximate surface area is 155 Å². The molecule has 0 bridgehead atoms. The number of halogens is 1. The first-order valence-corrected chi connectivity index (χ1v) is 8.68. The van der Waals surface area contributed by atoms with Crippen LogP contribution in [0.4, 0.5) is 4.39 Å². The van der Waals surface area contributed by atoms with Gasteiger partial charge in [0.2, 0.25) is 5.91 Å². The van der Waals surface area contributed by atoms with Crippen LogP contribution in [0.2, 0.25) is 0 Å². The molecule has 0 aliphatic rings. The summed E-state index contributed by atoms with van der Waals surface area (Å²) in [6.07, 6.45) is 4.88. The van der Waals surface area contributed by atoms with Gasteiger partial charge < -0.3 is 5.32 Å². The van der Waals surface area contributed by atoms with E-state index in [2.05, 4.69) is 44.8 Å². The van der Waals surface area contributed by atoms with Gasteiger partial charge in [-0.25, -0.2) is 4.39 Å². The van der Waals surface area contributed by atoms with E-state index in [9.17, 15) is 9.18 Å². The van der Waals surface area contributed by atoms with Crippen LogP contribution in [0.3, 0.4) is 0 Å². The quantitative estimate of drug-likeness (QED) is 0.718. The first kappa shape index (κ1) is 19.6. The third kappa shape index (κ3) is 5.16. The molecule has 0 spiro atoms. The van der Waals surface area contributed by atoms with Crippen molar-refractivity contribution in [3.63, 3.8) is 0 Å². The molecule has 0 fully saturated rings. The number of hydrogen-bond acceptors (Lipinski definition) is 1. The number of benzene rings is 2. The Hall–Kier alpha value is -2.68. The molecule has 0 aromatic heterocycles. The SMILES string of the molecule is C=Cc1cc(CNC(=O)/C=C/c2ccc(C(C)(C)C)cc2)cc(F)c1C. The summed E-state index contributed by atoms with van der Waals surface area (Å²) >= 11 is 0. The summed E-state index contributed by atoms with van der Waals surface area (Å²) in [5.41, 5.74) is 4.33. The Morgan fingerprint density at radius 1 is 1.19 bits per heavy atom. The molecule has 1 amide bonds. The van der Waals surface area contributed by atoms with Crippen molar-refractivity contribution in [1.29, 1.82) is 0 Å². The van der Waals surface area contributed by atoms with Gasteiger partial charge in [-0.2, -0.15) is 0 Å². The highest BCUT2D eigenvalue weighted by molar-refractivity contribution is 5.91. The van der Waals surface area contributed by atoms with Gasteiger partial charge in [0.25, 0.3) is 0 Å². The summed E-state index contributed by atoms with van der Waals surface area (Å²) in [5.74, 6) is -0.507. The van der Waals surface area contributed by atoms with Crippen molar-refractivity contribution in [2.24, 2.45) is 0 Å². The lowest BCUT2D eigenvalue weighted by atomic mass is 9.87. The zero-order valence-corrected chi connectivity index (χ0v) is 15.9. The molecule has 0 unspecified atom stereocenters. The second-order valence-corrected chi connectivity index (χ2v) is 7.42. The molecule has 0 aliphatic heterocycles. The highest BCUT2D eigenvalue weighted by Gasteiger charge is 2.12. The van der Waals surface area contributed by atoms with Gasteiger partial charge in [-0.1, -0.05) is 57.7 Å². The number of carbonyl (C=O) groups is 1. The van der Waals surface area contributed by atoms with Gasteiger partial charge in [0.15, 0.2) is 0 Å². The zero-order chi connectivity index (χ0) is 19.3. The smallest absolute Gasteiger partial charge is 0.244 e. The van der Waals surface area contributed by atoms with Crippen LogP contribution in [0.1, 0.15) is 48.6 Å². The van der Waals surface area contributed by atoms with E-state index in [0.29, 0.717) is 11.1 Å². The van der Waals surface area contributed by atoms with Crippen LogP contribution >= 0.6 is 0 Å². The van der Waals surface area contributed by atoms with Gasteiger partial charge in [-0.3, -0.25) is 4.79 Å². The van der Waals surface area contributed by atoms with E-state index in [1.807, 2.05) is 18.2 Å². The molecule has 2 rings (SSSR count). The lowest BCUT2D eigenvalue weighted by molar-refractivity contribution is -0.116. The fraction of sp³-hybridized carbons (Fsp3) is 0.261. The number of carbonyl (C=O) groups excluding carboxylic acids is 1. The van der Waals surface area contributed by atoms with E-state index in [1.54, 1.807) is 19.1 Å². The van der Waals surface area contributed by atoms with E-state index < -0.39 is 0 Å². The predicted octanol–water partition coefficient (Wildman–Crippen LogP) is 5.40. The first-order chi connectivity index (χ1) is 12.2. The molecular formula is C23H26FNO. The Kier molecular flexibility index (Phi) is 6.14. The van der Waals surface area contributed by atoms with Crippen molar-refractivity contribution < 1.29 is 9.18 Å². The molecule has 0 saturated heterocycles. The topological polar surface area (TPSA) is 29.1 Å². The van der Waals surface area contributed by atoms with Crippen molar-refractivity contribution in [3.8, 4) is 0 Å². The lowest BCUT2D eigenvalue weighted by Gasteiger charge is -2.18. The van der Waals surface area contributed by atoms with Crippen molar-refractivity contribution in [1.82, 2.24) is 5.32 Å². The summed E-state index contributed by atoms with van der Waals surface area (Å²) < 4.78 is 13.9. The molecule has 1 N–H and O–H groups in total. The minimum atomic E-state index is -0.291. The molecule has 0 heterocycles. The van der Waals surface area contributed by atoms with E-state index in [1.165, 1.54) is 17.7 Å². The number of amides is 1. The van der Waals surface area contributed by atoms with Crippen LogP contribution < -0.4 is 5.32 Å². The summed E-state index contributed by atoms with van der Waals surface area (Å²) in [6.45, 7) is 12.2. The van der Waals surface area contributed by atoms with E-state index in [-0.39, 0.29) is 23.7 Å². The van der Waals surface area contributed by atoms with Gasteiger partial charge in [0, 0.05) is 12.6 Å². The third-order valence-corrected chi connectivity index (χ3v) is 4.33. The fourth-order valence-electron chi connectivity index (χ4n) is 2.59. The monoisotopic (exact) mass is 351 g/mol. The van der Waals surface area contributed by atoms with Crippen LogP contribution in [0.25, 0.3) is 12.2 Å². The normalized spacial score (nSPS) is 11.6. The molecule has 0 aliphatic carbocycles. The van der Waals surface area contributed by atoms with Crippen molar-refractivity contribution in [3.05, 3.63) is 82.7 Å². The molecule has 2 aromatic rings. The van der Waals surface area contributed by atoms with Crippen LogP contribution in [-0.4, -0.2) is 5.91 Å². The highest BCUT2D eigenvalue weighted by atomic mass is 19.1. The highest BCUT2D eigenvalue weighted by Crippen LogP contribution is 2.22. The number of hydrogen-bond donors (Lipinski definition) is 1. The summed E-state index contributed by atoms with van der Waals surface area (Å²) in [5, 5.41) is 2.78. The van der Waals surface area contributed by atoms with Gasteiger partial charge in [0.05, 0.1) is 0 Å². The Morgan fingerprint density at radius 3 is 2.42 bits per heavy atom. The van der Waals surface area contributed by atoms with E-state index >= 15 is 0 Å². The Bertz CT molecular complexity index is 827. The fourth-order valence-corrected chi connectivity index (χ4v) is 2.59. The molecule has 26 heavy (non-hydrogen) atoms. The second kappa shape index (κ2) is 8.13. The van der Waals surface area contributed by atoms with Crippen LogP contribution in [0.5, 0.6) is 0 Å². The number of rotatable bonds is 5. The van der Waals surface area contributed by atoms with E-state index in [0.717, 1.165) is 11.1 Å². The van der Waals surface area contributed by atoms with Gasteiger partial charge in [0.1, 0.15) is 5.82 Å². The van der Waals surface area contributed by atoms with Gasteiger partial charge >= 0.3 is 0 Å². The lowest BCUT2D eigenvalue weighted by Crippen LogP contribution is -2.20. The maximum atomic E-state index is 13.9. The average Bonchev–Trinajstić information content (AvgIpc) is 2.60. The zero-order valence-electron chi connectivity index (χ0n) is 15.9.